The zero-order valence-electron chi connectivity index (χ0n) is 16.4. The molecule has 0 aliphatic rings. The quantitative estimate of drug-likeness (QED) is 0.429. The summed E-state index contributed by atoms with van der Waals surface area (Å²) in [5.74, 6) is 0.705. The molecule has 0 radical (unpaired) electrons. The van der Waals surface area contributed by atoms with Gasteiger partial charge in [-0.2, -0.15) is 0 Å². The summed E-state index contributed by atoms with van der Waals surface area (Å²) in [5, 5.41) is 8.54. The Balaban J connectivity index is 1.31. The number of rotatable bonds is 7. The second-order valence-electron chi connectivity index (χ2n) is 6.53. The van der Waals surface area contributed by atoms with E-state index in [1.54, 1.807) is 65.8 Å². The maximum absolute atomic E-state index is 12.1. The summed E-state index contributed by atoms with van der Waals surface area (Å²) in [6, 6.07) is 17.7. The van der Waals surface area contributed by atoms with Gasteiger partial charge in [0.15, 0.2) is 0 Å². The first-order chi connectivity index (χ1) is 15.2. The van der Waals surface area contributed by atoms with Gasteiger partial charge < -0.3 is 16.0 Å². The Morgan fingerprint density at radius 3 is 2.45 bits per heavy atom. The number of amides is 2. The van der Waals surface area contributed by atoms with Gasteiger partial charge >= 0.3 is 0 Å². The molecular formula is C22H19N7O2. The van der Waals surface area contributed by atoms with Gasteiger partial charge in [0, 0.05) is 35.4 Å². The maximum Gasteiger partial charge on any atom is 0.251 e. The molecule has 0 fully saturated rings. The van der Waals surface area contributed by atoms with Gasteiger partial charge in [-0.1, -0.05) is 18.2 Å². The predicted molar refractivity (Wildman–Crippen MR) is 116 cm³/mol. The van der Waals surface area contributed by atoms with E-state index in [9.17, 15) is 9.59 Å². The maximum atomic E-state index is 12.1. The molecule has 0 saturated heterocycles. The first-order valence-electron chi connectivity index (χ1n) is 9.48. The van der Waals surface area contributed by atoms with Crippen LogP contribution in [0.25, 0.3) is 5.82 Å². The Bertz CT molecular complexity index is 1160. The molecule has 0 unspecified atom stereocenters. The van der Waals surface area contributed by atoms with Crippen LogP contribution >= 0.6 is 0 Å². The van der Waals surface area contributed by atoms with Gasteiger partial charge in [-0.25, -0.2) is 15.0 Å². The molecule has 4 rings (SSSR count). The van der Waals surface area contributed by atoms with Crippen LogP contribution in [-0.2, 0) is 4.79 Å². The first-order valence-corrected chi connectivity index (χ1v) is 9.48. The molecule has 0 aliphatic carbocycles. The van der Waals surface area contributed by atoms with Crippen LogP contribution < -0.4 is 16.0 Å². The standard InChI is InChI=1S/C22H19N7O2/c30-21(13-24-22(31)16-4-2-1-3-5-16)28-18-8-6-17(7-9-18)27-19-12-20(26-14-25-19)29-11-10-23-15-29/h1-12,14-15H,13H2,(H,24,31)(H,28,30)(H,25,26,27). The van der Waals surface area contributed by atoms with E-state index in [1.165, 1.54) is 6.33 Å². The minimum absolute atomic E-state index is 0.119. The summed E-state index contributed by atoms with van der Waals surface area (Å²) in [5.41, 5.74) is 1.92. The summed E-state index contributed by atoms with van der Waals surface area (Å²) in [6.45, 7) is -0.119. The van der Waals surface area contributed by atoms with Crippen LogP contribution in [0, 0.1) is 0 Å². The molecule has 2 aromatic carbocycles. The molecule has 9 heteroatoms. The van der Waals surface area contributed by atoms with Crippen molar-refractivity contribution in [3.05, 3.63) is 91.3 Å². The van der Waals surface area contributed by atoms with E-state index < -0.39 is 0 Å². The Morgan fingerprint density at radius 2 is 1.71 bits per heavy atom. The average Bonchev–Trinajstić information content (AvgIpc) is 3.35. The van der Waals surface area contributed by atoms with Crippen molar-refractivity contribution in [2.45, 2.75) is 0 Å². The number of aromatic nitrogens is 4. The van der Waals surface area contributed by atoms with E-state index in [1.807, 2.05) is 18.2 Å². The normalized spacial score (nSPS) is 10.3. The van der Waals surface area contributed by atoms with E-state index >= 15 is 0 Å². The van der Waals surface area contributed by atoms with Crippen molar-refractivity contribution in [2.75, 3.05) is 17.2 Å². The second-order valence-corrected chi connectivity index (χ2v) is 6.53. The van der Waals surface area contributed by atoms with Gasteiger partial charge in [-0.05, 0) is 36.4 Å². The third kappa shape index (κ3) is 5.30. The highest BCUT2D eigenvalue weighted by Crippen LogP contribution is 2.18. The van der Waals surface area contributed by atoms with Crippen LogP contribution in [0.5, 0.6) is 0 Å². The summed E-state index contributed by atoms with van der Waals surface area (Å²) >= 11 is 0. The van der Waals surface area contributed by atoms with Gasteiger partial charge in [-0.3, -0.25) is 14.2 Å². The number of hydrogen-bond donors (Lipinski definition) is 3. The van der Waals surface area contributed by atoms with Crippen molar-refractivity contribution >= 4 is 29.0 Å². The minimum Gasteiger partial charge on any atom is -0.343 e. The fraction of sp³-hybridized carbons (Fsp3) is 0.0455. The van der Waals surface area contributed by atoms with Crippen molar-refractivity contribution < 1.29 is 9.59 Å². The lowest BCUT2D eigenvalue weighted by Gasteiger charge is -2.10. The molecule has 0 atom stereocenters. The monoisotopic (exact) mass is 413 g/mol. The molecule has 3 N–H and O–H groups in total. The van der Waals surface area contributed by atoms with Gasteiger partial charge in [0.05, 0.1) is 6.54 Å². The largest absolute Gasteiger partial charge is 0.343 e. The molecule has 0 aliphatic heterocycles. The summed E-state index contributed by atoms with van der Waals surface area (Å²) in [4.78, 5) is 36.5. The summed E-state index contributed by atoms with van der Waals surface area (Å²) in [7, 11) is 0. The zero-order valence-corrected chi connectivity index (χ0v) is 16.4. The van der Waals surface area contributed by atoms with E-state index in [4.69, 9.17) is 0 Å². The van der Waals surface area contributed by atoms with Crippen molar-refractivity contribution in [1.82, 2.24) is 24.8 Å². The van der Waals surface area contributed by atoms with Crippen LogP contribution in [-0.4, -0.2) is 37.9 Å². The Morgan fingerprint density at radius 1 is 0.935 bits per heavy atom. The SMILES string of the molecule is O=C(CNC(=O)c1ccccc1)Nc1ccc(Nc2cc(-n3ccnc3)ncn2)cc1. The third-order valence-electron chi connectivity index (χ3n) is 4.31. The Kier molecular flexibility index (Phi) is 5.94. The number of nitrogens with one attached hydrogen (secondary N) is 3. The molecule has 154 valence electrons. The molecular weight excluding hydrogens is 394 g/mol. The predicted octanol–water partition coefficient (Wildman–Crippen LogP) is 2.77. The first kappa shape index (κ1) is 19.8. The van der Waals surface area contributed by atoms with E-state index in [2.05, 4.69) is 30.9 Å². The smallest absolute Gasteiger partial charge is 0.251 e. The lowest BCUT2D eigenvalue weighted by atomic mass is 10.2. The molecule has 31 heavy (non-hydrogen) atoms. The van der Waals surface area contributed by atoms with Gasteiger partial charge in [0.25, 0.3) is 5.91 Å². The number of benzene rings is 2. The molecule has 9 nitrogen and oxygen atoms in total. The summed E-state index contributed by atoms with van der Waals surface area (Å²) in [6.07, 6.45) is 6.60. The molecule has 4 aromatic rings. The van der Waals surface area contributed by atoms with E-state index in [0.717, 1.165) is 5.69 Å². The number of nitrogens with zero attached hydrogens (tertiary/aromatic N) is 4. The Hall–Kier alpha value is -4.53. The molecule has 2 amide bonds. The van der Waals surface area contributed by atoms with E-state index in [0.29, 0.717) is 22.9 Å². The summed E-state index contributed by atoms with van der Waals surface area (Å²) < 4.78 is 1.78. The molecule has 2 heterocycles. The van der Waals surface area contributed by atoms with Crippen LogP contribution in [0.4, 0.5) is 17.2 Å². The topological polar surface area (TPSA) is 114 Å². The Labute approximate surface area is 178 Å². The van der Waals surface area contributed by atoms with Crippen molar-refractivity contribution in [1.29, 1.82) is 0 Å². The van der Waals surface area contributed by atoms with Crippen molar-refractivity contribution in [3.8, 4) is 5.82 Å². The van der Waals surface area contributed by atoms with Gasteiger partial charge in [0.1, 0.15) is 24.3 Å². The fourth-order valence-electron chi connectivity index (χ4n) is 2.79. The average molecular weight is 413 g/mol. The molecule has 0 bridgehead atoms. The lowest BCUT2D eigenvalue weighted by molar-refractivity contribution is -0.115. The number of carbonyl (C=O) groups is 2. The highest BCUT2D eigenvalue weighted by atomic mass is 16.2. The molecule has 0 saturated carbocycles. The van der Waals surface area contributed by atoms with Crippen LogP contribution in [0.15, 0.2) is 85.7 Å². The number of imidazole rings is 1. The third-order valence-corrected chi connectivity index (χ3v) is 4.31. The van der Waals surface area contributed by atoms with Crippen molar-refractivity contribution in [3.63, 3.8) is 0 Å². The lowest BCUT2D eigenvalue weighted by Crippen LogP contribution is -2.32. The van der Waals surface area contributed by atoms with Crippen LogP contribution in [0.2, 0.25) is 0 Å². The van der Waals surface area contributed by atoms with Crippen LogP contribution in [0.3, 0.4) is 0 Å². The van der Waals surface area contributed by atoms with Crippen molar-refractivity contribution in [2.24, 2.45) is 0 Å². The fourth-order valence-corrected chi connectivity index (χ4v) is 2.79. The van der Waals surface area contributed by atoms with Crippen LogP contribution in [0.1, 0.15) is 10.4 Å². The number of hydrogen-bond acceptors (Lipinski definition) is 6. The number of carbonyl (C=O) groups excluding carboxylic acids is 2. The van der Waals surface area contributed by atoms with E-state index in [-0.39, 0.29) is 18.4 Å². The highest BCUT2D eigenvalue weighted by molar-refractivity contribution is 5.99. The second kappa shape index (κ2) is 9.31. The highest BCUT2D eigenvalue weighted by Gasteiger charge is 2.08. The minimum atomic E-state index is -0.314. The number of anilines is 3. The van der Waals surface area contributed by atoms with Gasteiger partial charge in [0.2, 0.25) is 5.91 Å². The van der Waals surface area contributed by atoms with Gasteiger partial charge in [-0.15, -0.1) is 0 Å². The molecule has 2 aromatic heterocycles. The zero-order chi connectivity index (χ0) is 21.5. The molecule has 0 spiro atoms.